The fourth-order valence-electron chi connectivity index (χ4n) is 3.61. The number of nitrogens with zero attached hydrogens (tertiary/aromatic N) is 1. The van der Waals surface area contributed by atoms with Crippen LogP contribution in [0, 0.1) is 12.8 Å². The summed E-state index contributed by atoms with van der Waals surface area (Å²) in [5, 5.41) is 9.31. The van der Waals surface area contributed by atoms with Crippen molar-refractivity contribution in [1.29, 1.82) is 0 Å². The van der Waals surface area contributed by atoms with Gasteiger partial charge in [-0.25, -0.2) is 0 Å². The van der Waals surface area contributed by atoms with Crippen molar-refractivity contribution < 1.29 is 14.3 Å². The molecule has 2 saturated heterocycles. The molecule has 0 aliphatic carbocycles. The number of carbonyl (C=O) groups excluding carboxylic acids is 1. The molecule has 2 aliphatic rings. The van der Waals surface area contributed by atoms with Crippen LogP contribution in [-0.4, -0.2) is 34.6 Å². The second-order valence-electron chi connectivity index (χ2n) is 5.89. The molecule has 0 saturated carbocycles. The maximum atomic E-state index is 12.6. The molecular formula is C15H19NO4. The Hall–Kier alpha value is -1.62. The molecule has 2 aliphatic heterocycles. The summed E-state index contributed by atoms with van der Waals surface area (Å²) in [5.74, 6) is 0.698. The zero-order valence-electron chi connectivity index (χ0n) is 11.5. The van der Waals surface area contributed by atoms with Crippen LogP contribution < -0.4 is 5.43 Å². The summed E-state index contributed by atoms with van der Waals surface area (Å²) in [5.41, 5.74) is -0.199. The van der Waals surface area contributed by atoms with Crippen molar-refractivity contribution in [3.8, 4) is 0 Å². The van der Waals surface area contributed by atoms with Gasteiger partial charge in [0.1, 0.15) is 5.76 Å². The van der Waals surface area contributed by atoms with E-state index in [0.717, 1.165) is 25.7 Å². The molecule has 3 rings (SSSR count). The monoisotopic (exact) mass is 277 g/mol. The van der Waals surface area contributed by atoms with Crippen LogP contribution >= 0.6 is 0 Å². The van der Waals surface area contributed by atoms with Crippen LogP contribution in [0.4, 0.5) is 0 Å². The van der Waals surface area contributed by atoms with Crippen molar-refractivity contribution >= 4 is 5.91 Å². The summed E-state index contributed by atoms with van der Waals surface area (Å²) in [6.45, 7) is 1.86. The van der Waals surface area contributed by atoms with Crippen LogP contribution in [0.5, 0.6) is 0 Å². The molecule has 1 amide bonds. The van der Waals surface area contributed by atoms with Crippen molar-refractivity contribution in [3.05, 3.63) is 33.9 Å². The van der Waals surface area contributed by atoms with E-state index in [0.29, 0.717) is 11.7 Å². The quantitative estimate of drug-likeness (QED) is 0.885. The predicted octanol–water partition coefficient (Wildman–Crippen LogP) is 1.32. The van der Waals surface area contributed by atoms with Crippen LogP contribution in [0.15, 0.2) is 21.3 Å². The van der Waals surface area contributed by atoms with Crippen molar-refractivity contribution in [2.75, 3.05) is 6.61 Å². The van der Waals surface area contributed by atoms with E-state index in [4.69, 9.17) is 4.42 Å². The number of hydrogen-bond acceptors (Lipinski definition) is 4. The van der Waals surface area contributed by atoms with Gasteiger partial charge in [0.05, 0.1) is 0 Å². The lowest BCUT2D eigenvalue weighted by atomic mass is 9.91. The first-order valence-electron chi connectivity index (χ1n) is 7.14. The highest BCUT2D eigenvalue weighted by Crippen LogP contribution is 2.39. The molecule has 1 aromatic rings. The first kappa shape index (κ1) is 13.4. The van der Waals surface area contributed by atoms with Gasteiger partial charge < -0.3 is 14.4 Å². The Kier molecular flexibility index (Phi) is 3.38. The van der Waals surface area contributed by atoms with Crippen molar-refractivity contribution in [2.24, 2.45) is 5.92 Å². The standard InChI is InChI=1S/C15H19NO4/c1-9-4-13(18)7-14(20-9)15(19)16-11-2-3-12(16)6-10(5-11)8-17/h4,7,10-12,17H,2-3,5-6,8H2,1H3/t10?,11-,12+. The van der Waals surface area contributed by atoms with Gasteiger partial charge in [-0.3, -0.25) is 9.59 Å². The van der Waals surface area contributed by atoms with Gasteiger partial charge in [-0.15, -0.1) is 0 Å². The van der Waals surface area contributed by atoms with E-state index in [1.54, 1.807) is 6.92 Å². The number of piperidine rings is 1. The number of aliphatic hydroxyl groups is 1. The molecule has 5 nitrogen and oxygen atoms in total. The van der Waals surface area contributed by atoms with Gasteiger partial charge in [0, 0.05) is 30.8 Å². The highest BCUT2D eigenvalue weighted by molar-refractivity contribution is 5.92. The molecule has 0 aromatic carbocycles. The fourth-order valence-corrected chi connectivity index (χ4v) is 3.61. The second-order valence-corrected chi connectivity index (χ2v) is 5.89. The Bertz CT molecular complexity index is 565. The number of fused-ring (bicyclic) bond motifs is 2. The molecule has 2 bridgehead atoms. The van der Waals surface area contributed by atoms with Crippen molar-refractivity contribution in [2.45, 2.75) is 44.7 Å². The average Bonchev–Trinajstić information content (AvgIpc) is 2.67. The van der Waals surface area contributed by atoms with Gasteiger partial charge in [-0.05, 0) is 38.5 Å². The highest BCUT2D eigenvalue weighted by atomic mass is 16.3. The van der Waals surface area contributed by atoms with E-state index in [9.17, 15) is 14.7 Å². The van der Waals surface area contributed by atoms with Gasteiger partial charge in [0.15, 0.2) is 11.2 Å². The van der Waals surface area contributed by atoms with Crippen LogP contribution in [0.3, 0.4) is 0 Å². The van der Waals surface area contributed by atoms with Gasteiger partial charge in [0.25, 0.3) is 5.91 Å². The van der Waals surface area contributed by atoms with Crippen LogP contribution in [-0.2, 0) is 0 Å². The van der Waals surface area contributed by atoms with Crippen LogP contribution in [0.25, 0.3) is 0 Å². The molecule has 0 radical (unpaired) electrons. The third kappa shape index (κ3) is 2.26. The van der Waals surface area contributed by atoms with Gasteiger partial charge in [0.2, 0.25) is 0 Å². The number of rotatable bonds is 2. The minimum atomic E-state index is -0.199. The Morgan fingerprint density at radius 1 is 1.35 bits per heavy atom. The number of carbonyl (C=O) groups is 1. The van der Waals surface area contributed by atoms with E-state index in [2.05, 4.69) is 0 Å². The lowest BCUT2D eigenvalue weighted by Gasteiger charge is -2.38. The molecular weight excluding hydrogens is 258 g/mol. The smallest absolute Gasteiger partial charge is 0.290 e. The molecule has 3 atom stereocenters. The summed E-state index contributed by atoms with van der Waals surface area (Å²) in [7, 11) is 0. The van der Waals surface area contributed by atoms with E-state index in [1.165, 1.54) is 12.1 Å². The largest absolute Gasteiger partial charge is 0.456 e. The van der Waals surface area contributed by atoms with E-state index < -0.39 is 0 Å². The zero-order chi connectivity index (χ0) is 14.3. The summed E-state index contributed by atoms with van der Waals surface area (Å²) >= 11 is 0. The van der Waals surface area contributed by atoms with Crippen molar-refractivity contribution in [1.82, 2.24) is 4.90 Å². The average molecular weight is 277 g/mol. The van der Waals surface area contributed by atoms with Crippen LogP contribution in [0.2, 0.25) is 0 Å². The van der Waals surface area contributed by atoms with Gasteiger partial charge in [-0.1, -0.05) is 0 Å². The number of hydrogen-bond donors (Lipinski definition) is 1. The first-order valence-corrected chi connectivity index (χ1v) is 7.14. The Morgan fingerprint density at radius 2 is 2.00 bits per heavy atom. The van der Waals surface area contributed by atoms with Gasteiger partial charge in [-0.2, -0.15) is 0 Å². The molecule has 20 heavy (non-hydrogen) atoms. The van der Waals surface area contributed by atoms with Crippen LogP contribution in [0.1, 0.15) is 42.0 Å². The molecule has 1 aromatic heterocycles. The molecule has 5 heteroatoms. The number of amides is 1. The Balaban J connectivity index is 1.86. The van der Waals surface area contributed by atoms with E-state index >= 15 is 0 Å². The van der Waals surface area contributed by atoms with Gasteiger partial charge >= 0.3 is 0 Å². The van der Waals surface area contributed by atoms with E-state index in [1.807, 2.05) is 4.90 Å². The minimum absolute atomic E-state index is 0.134. The molecule has 0 spiro atoms. The fraction of sp³-hybridized carbons (Fsp3) is 0.600. The van der Waals surface area contributed by atoms with Crippen molar-refractivity contribution in [3.63, 3.8) is 0 Å². The molecule has 1 N–H and O–H groups in total. The minimum Gasteiger partial charge on any atom is -0.456 e. The summed E-state index contributed by atoms with van der Waals surface area (Å²) in [6, 6.07) is 2.99. The normalized spacial score (nSPS) is 28.7. The first-order chi connectivity index (χ1) is 9.58. The predicted molar refractivity (Wildman–Crippen MR) is 72.5 cm³/mol. The molecule has 108 valence electrons. The Morgan fingerprint density at radius 3 is 2.55 bits per heavy atom. The lowest BCUT2D eigenvalue weighted by molar-refractivity contribution is 0.0420. The molecule has 2 fully saturated rings. The molecule has 3 heterocycles. The number of aliphatic hydroxyl groups excluding tert-OH is 1. The summed E-state index contributed by atoms with van der Waals surface area (Å²) in [6.07, 6.45) is 3.63. The Labute approximate surface area is 117 Å². The summed E-state index contributed by atoms with van der Waals surface area (Å²) < 4.78 is 5.41. The third-order valence-electron chi connectivity index (χ3n) is 4.42. The summed E-state index contributed by atoms with van der Waals surface area (Å²) in [4.78, 5) is 26.0. The highest BCUT2D eigenvalue weighted by Gasteiger charge is 2.43. The SMILES string of the molecule is Cc1cc(=O)cc(C(=O)N2[C@@H]3CC[C@H]2CC(CO)C3)o1. The zero-order valence-corrected chi connectivity index (χ0v) is 11.5. The van der Waals surface area contributed by atoms with E-state index in [-0.39, 0.29) is 35.8 Å². The second kappa shape index (κ2) is 5.05. The number of aryl methyl sites for hydroxylation is 1. The third-order valence-corrected chi connectivity index (χ3v) is 4.42. The topological polar surface area (TPSA) is 70.8 Å². The maximum absolute atomic E-state index is 12.6. The maximum Gasteiger partial charge on any atom is 0.290 e. The molecule has 1 unspecified atom stereocenters. The lowest BCUT2D eigenvalue weighted by Crippen LogP contribution is -2.47.